The predicted octanol–water partition coefficient (Wildman–Crippen LogP) is 3.48. The van der Waals surface area contributed by atoms with Gasteiger partial charge in [-0.25, -0.2) is 0 Å². The lowest BCUT2D eigenvalue weighted by Crippen LogP contribution is -2.15. The van der Waals surface area contributed by atoms with Gasteiger partial charge in [0.05, 0.1) is 11.7 Å². The molecule has 0 radical (unpaired) electrons. The van der Waals surface area contributed by atoms with E-state index in [1.54, 1.807) is 12.1 Å². The predicted molar refractivity (Wildman–Crippen MR) is 73.9 cm³/mol. The maximum Gasteiger partial charge on any atom is 0.416 e. The smallest absolute Gasteiger partial charge is 0.377 e. The van der Waals surface area contributed by atoms with Crippen LogP contribution in [0, 0.1) is 0 Å². The van der Waals surface area contributed by atoms with E-state index in [1.165, 1.54) is 17.8 Å². The summed E-state index contributed by atoms with van der Waals surface area (Å²) in [4.78, 5) is 0.639. The van der Waals surface area contributed by atoms with Crippen molar-refractivity contribution < 1.29 is 17.9 Å². The molecule has 0 spiro atoms. The first-order valence-corrected chi connectivity index (χ1v) is 7.48. The number of halogens is 3. The molecule has 2 atom stereocenters. The Balaban J connectivity index is 2.22. The van der Waals surface area contributed by atoms with Gasteiger partial charge in [-0.05, 0) is 44.0 Å². The van der Waals surface area contributed by atoms with Crippen LogP contribution in [0.1, 0.15) is 24.5 Å². The summed E-state index contributed by atoms with van der Waals surface area (Å²) in [6.07, 6.45) is -3.14. The Morgan fingerprint density at radius 2 is 2.15 bits per heavy atom. The Labute approximate surface area is 120 Å². The summed E-state index contributed by atoms with van der Waals surface area (Å²) in [5.41, 5.74) is 5.07. The van der Waals surface area contributed by atoms with E-state index in [2.05, 4.69) is 0 Å². The molecule has 0 saturated carbocycles. The van der Waals surface area contributed by atoms with Crippen LogP contribution < -0.4 is 5.73 Å². The van der Waals surface area contributed by atoms with E-state index in [4.69, 9.17) is 10.5 Å². The van der Waals surface area contributed by atoms with Gasteiger partial charge in [-0.1, -0.05) is 6.07 Å². The van der Waals surface area contributed by atoms with Crippen molar-refractivity contribution >= 4 is 11.8 Å². The number of benzene rings is 1. The van der Waals surface area contributed by atoms with E-state index in [9.17, 15) is 13.2 Å². The maximum atomic E-state index is 13.1. The molecule has 1 aromatic carbocycles. The van der Waals surface area contributed by atoms with Gasteiger partial charge in [-0.15, -0.1) is 11.8 Å². The number of ether oxygens (including phenoxy) is 1. The molecule has 1 aliphatic heterocycles. The van der Waals surface area contributed by atoms with Crippen LogP contribution in [0.2, 0.25) is 0 Å². The highest BCUT2D eigenvalue weighted by Gasteiger charge is 2.34. The first kappa shape index (κ1) is 15.7. The highest BCUT2D eigenvalue weighted by Crippen LogP contribution is 2.38. The summed E-state index contributed by atoms with van der Waals surface area (Å²) in [6, 6.07) is 4.52. The summed E-state index contributed by atoms with van der Waals surface area (Å²) in [5, 5.41) is 0.219. The fourth-order valence-electron chi connectivity index (χ4n) is 2.31. The van der Waals surface area contributed by atoms with Gasteiger partial charge >= 0.3 is 6.18 Å². The normalized spacial score (nSPS) is 23.2. The molecule has 1 saturated heterocycles. The number of alkyl halides is 3. The minimum atomic E-state index is -4.33. The molecule has 0 aromatic heterocycles. The van der Waals surface area contributed by atoms with E-state index >= 15 is 0 Å². The van der Waals surface area contributed by atoms with Gasteiger partial charge < -0.3 is 10.5 Å². The molecule has 0 amide bonds. The van der Waals surface area contributed by atoms with Crippen molar-refractivity contribution in [2.75, 3.05) is 13.2 Å². The molecule has 6 heteroatoms. The Kier molecular flexibility index (Phi) is 4.99. The van der Waals surface area contributed by atoms with Crippen molar-refractivity contribution in [2.24, 2.45) is 5.73 Å². The topological polar surface area (TPSA) is 35.2 Å². The van der Waals surface area contributed by atoms with E-state index in [1.807, 2.05) is 6.92 Å². The maximum absolute atomic E-state index is 13.1. The van der Waals surface area contributed by atoms with E-state index < -0.39 is 11.7 Å². The van der Waals surface area contributed by atoms with Gasteiger partial charge in [-0.2, -0.15) is 13.2 Å². The Bertz CT molecular complexity index is 464. The van der Waals surface area contributed by atoms with Crippen molar-refractivity contribution in [3.05, 3.63) is 29.3 Å². The summed E-state index contributed by atoms with van der Waals surface area (Å²) >= 11 is 1.46. The van der Waals surface area contributed by atoms with E-state index in [0.717, 1.165) is 6.42 Å². The number of hydrogen-bond donors (Lipinski definition) is 1. The monoisotopic (exact) mass is 305 g/mol. The van der Waals surface area contributed by atoms with Crippen molar-refractivity contribution in [3.8, 4) is 0 Å². The third kappa shape index (κ3) is 3.68. The summed E-state index contributed by atoms with van der Waals surface area (Å²) in [5.74, 6) is 0. The Hall–Kier alpha value is -0.720. The lowest BCUT2D eigenvalue weighted by molar-refractivity contribution is -0.138. The Morgan fingerprint density at radius 1 is 1.40 bits per heavy atom. The van der Waals surface area contributed by atoms with Gasteiger partial charge in [0, 0.05) is 16.8 Å². The fourth-order valence-corrected chi connectivity index (χ4v) is 3.47. The third-order valence-electron chi connectivity index (χ3n) is 3.39. The van der Waals surface area contributed by atoms with Gasteiger partial charge in [0.1, 0.15) is 0 Å². The molecule has 0 aliphatic carbocycles. The lowest BCUT2D eigenvalue weighted by Gasteiger charge is -2.17. The molecule has 1 aromatic rings. The largest absolute Gasteiger partial charge is 0.416 e. The van der Waals surface area contributed by atoms with Crippen molar-refractivity contribution in [3.63, 3.8) is 0 Å². The van der Waals surface area contributed by atoms with Crippen molar-refractivity contribution in [1.82, 2.24) is 0 Å². The second-order valence-corrected chi connectivity index (χ2v) is 6.19. The van der Waals surface area contributed by atoms with Gasteiger partial charge in [0.15, 0.2) is 0 Å². The SMILES string of the molecule is CC1OCCC1Sc1ccc(CCN)c(C(F)(F)F)c1. The highest BCUT2D eigenvalue weighted by atomic mass is 32.2. The zero-order valence-corrected chi connectivity index (χ0v) is 12.1. The van der Waals surface area contributed by atoms with Crippen LogP contribution in [-0.2, 0) is 17.3 Å². The van der Waals surface area contributed by atoms with Crippen LogP contribution in [-0.4, -0.2) is 24.5 Å². The standard InChI is InChI=1S/C14H18F3NOS/c1-9-13(5-7-19-9)20-11-3-2-10(4-6-18)12(8-11)14(15,16)17/h2-3,8-9,13H,4-7,18H2,1H3. The summed E-state index contributed by atoms with van der Waals surface area (Å²) in [6.45, 7) is 2.84. The number of hydrogen-bond acceptors (Lipinski definition) is 3. The molecule has 2 nitrogen and oxygen atoms in total. The van der Waals surface area contributed by atoms with Gasteiger partial charge in [0.2, 0.25) is 0 Å². The molecule has 1 fully saturated rings. The summed E-state index contributed by atoms with van der Waals surface area (Å²) in [7, 11) is 0. The lowest BCUT2D eigenvalue weighted by atomic mass is 10.0. The van der Waals surface area contributed by atoms with Crippen LogP contribution in [0.3, 0.4) is 0 Å². The van der Waals surface area contributed by atoms with Gasteiger partial charge in [-0.3, -0.25) is 0 Å². The van der Waals surface area contributed by atoms with Crippen LogP contribution in [0.15, 0.2) is 23.1 Å². The third-order valence-corrected chi connectivity index (χ3v) is 4.84. The van der Waals surface area contributed by atoms with Crippen molar-refractivity contribution in [2.45, 2.75) is 42.2 Å². The van der Waals surface area contributed by atoms with Gasteiger partial charge in [0.25, 0.3) is 0 Å². The molecule has 2 unspecified atom stereocenters. The van der Waals surface area contributed by atoms with Crippen LogP contribution in [0.4, 0.5) is 13.2 Å². The average Bonchev–Trinajstić information content (AvgIpc) is 2.76. The quantitative estimate of drug-likeness (QED) is 0.925. The Morgan fingerprint density at radius 3 is 2.70 bits per heavy atom. The first-order valence-electron chi connectivity index (χ1n) is 6.60. The van der Waals surface area contributed by atoms with Crippen LogP contribution in [0.5, 0.6) is 0 Å². The van der Waals surface area contributed by atoms with Crippen LogP contribution in [0.25, 0.3) is 0 Å². The average molecular weight is 305 g/mol. The second-order valence-electron chi connectivity index (χ2n) is 4.88. The molecule has 1 heterocycles. The minimum absolute atomic E-state index is 0.0815. The number of rotatable bonds is 4. The fraction of sp³-hybridized carbons (Fsp3) is 0.571. The minimum Gasteiger partial charge on any atom is -0.377 e. The molecule has 0 bridgehead atoms. The second kappa shape index (κ2) is 6.37. The molecule has 112 valence electrons. The highest BCUT2D eigenvalue weighted by molar-refractivity contribution is 8.00. The molecule has 20 heavy (non-hydrogen) atoms. The van der Waals surface area contributed by atoms with Crippen molar-refractivity contribution in [1.29, 1.82) is 0 Å². The molecule has 2 rings (SSSR count). The zero-order chi connectivity index (χ0) is 14.8. The van der Waals surface area contributed by atoms with E-state index in [-0.39, 0.29) is 29.9 Å². The zero-order valence-electron chi connectivity index (χ0n) is 11.2. The molecule has 1 aliphatic rings. The molecular formula is C14H18F3NOS. The number of nitrogens with two attached hydrogens (primary N) is 1. The molecule has 2 N–H and O–H groups in total. The van der Waals surface area contributed by atoms with Crippen LogP contribution >= 0.6 is 11.8 Å². The number of thioether (sulfide) groups is 1. The van der Waals surface area contributed by atoms with E-state index in [0.29, 0.717) is 11.5 Å². The first-order chi connectivity index (χ1) is 9.41. The molecular weight excluding hydrogens is 287 g/mol. The summed E-state index contributed by atoms with van der Waals surface area (Å²) < 4.78 is 44.6.